The van der Waals surface area contributed by atoms with E-state index in [4.69, 9.17) is 0 Å². The first-order chi connectivity index (χ1) is 9.51. The van der Waals surface area contributed by atoms with Gasteiger partial charge in [0.25, 0.3) is 0 Å². The van der Waals surface area contributed by atoms with Crippen LogP contribution in [-0.4, -0.2) is 49.2 Å². The van der Waals surface area contributed by atoms with Crippen LogP contribution in [0.25, 0.3) is 0 Å². The molecule has 1 atom stereocenters. The summed E-state index contributed by atoms with van der Waals surface area (Å²) in [5, 5.41) is 12.7. The Kier molecular flexibility index (Phi) is 4.85. The first-order valence-corrected chi connectivity index (χ1v) is 6.41. The minimum atomic E-state index is -4.74. The minimum absolute atomic E-state index is 0.252. The van der Waals surface area contributed by atoms with Crippen molar-refractivity contribution < 1.29 is 23.0 Å². The monoisotopic (exact) mass is 290 g/mol. The summed E-state index contributed by atoms with van der Waals surface area (Å²) in [5.41, 5.74) is 0.356. The van der Waals surface area contributed by atoms with Gasteiger partial charge in [0, 0.05) is 31.7 Å². The molecule has 2 rings (SSSR count). The van der Waals surface area contributed by atoms with Crippen LogP contribution in [0.3, 0.4) is 0 Å². The van der Waals surface area contributed by atoms with Crippen molar-refractivity contribution in [2.75, 3.05) is 32.8 Å². The van der Waals surface area contributed by atoms with Gasteiger partial charge >= 0.3 is 6.36 Å². The van der Waals surface area contributed by atoms with Crippen molar-refractivity contribution in [1.82, 2.24) is 10.2 Å². The minimum Gasteiger partial charge on any atom is -0.405 e. The van der Waals surface area contributed by atoms with Gasteiger partial charge in [-0.2, -0.15) is 0 Å². The molecule has 0 spiro atoms. The molecule has 0 unspecified atom stereocenters. The molecule has 1 fully saturated rings. The van der Waals surface area contributed by atoms with Crippen LogP contribution >= 0.6 is 0 Å². The van der Waals surface area contributed by atoms with Crippen LogP contribution in [0.1, 0.15) is 11.6 Å². The number of nitrogens with one attached hydrogen (secondary N) is 1. The molecule has 0 amide bonds. The van der Waals surface area contributed by atoms with Gasteiger partial charge in [-0.15, -0.1) is 13.2 Å². The van der Waals surface area contributed by atoms with E-state index < -0.39 is 12.4 Å². The van der Waals surface area contributed by atoms with Crippen molar-refractivity contribution >= 4 is 0 Å². The number of hydrogen-bond acceptors (Lipinski definition) is 4. The average Bonchev–Trinajstić information content (AvgIpc) is 2.41. The summed E-state index contributed by atoms with van der Waals surface area (Å²) in [5.74, 6) is -0.252. The molecular weight excluding hydrogens is 273 g/mol. The molecule has 2 N–H and O–H groups in total. The van der Waals surface area contributed by atoms with Gasteiger partial charge in [0.15, 0.2) is 0 Å². The lowest BCUT2D eigenvalue weighted by Gasteiger charge is -2.34. The zero-order valence-corrected chi connectivity index (χ0v) is 10.9. The number of nitrogens with zero attached hydrogens (tertiary/aromatic N) is 1. The first kappa shape index (κ1) is 15.1. The quantitative estimate of drug-likeness (QED) is 0.882. The number of alkyl halides is 3. The molecule has 7 heteroatoms. The highest BCUT2D eigenvalue weighted by Crippen LogP contribution is 2.32. The molecule has 1 aliphatic rings. The van der Waals surface area contributed by atoms with Crippen LogP contribution in [0.15, 0.2) is 24.3 Å². The maximum absolute atomic E-state index is 12.4. The number of hydrogen-bond donors (Lipinski definition) is 2. The summed E-state index contributed by atoms with van der Waals surface area (Å²) in [6, 6.07) is 5.47. The zero-order valence-electron chi connectivity index (χ0n) is 10.9. The van der Waals surface area contributed by atoms with E-state index in [2.05, 4.69) is 10.1 Å². The molecular formula is C13H17F3N2O2. The summed E-state index contributed by atoms with van der Waals surface area (Å²) in [4.78, 5) is 1.95. The van der Waals surface area contributed by atoms with Crippen molar-refractivity contribution in [3.05, 3.63) is 29.8 Å². The molecule has 0 bridgehead atoms. The van der Waals surface area contributed by atoms with Crippen LogP contribution in [0.2, 0.25) is 0 Å². The second-order valence-electron chi connectivity index (χ2n) is 4.57. The number of para-hydroxylation sites is 1. The van der Waals surface area contributed by atoms with Gasteiger partial charge in [0.2, 0.25) is 0 Å². The molecule has 1 saturated heterocycles. The molecule has 20 heavy (non-hydrogen) atoms. The fourth-order valence-corrected chi connectivity index (χ4v) is 2.38. The summed E-state index contributed by atoms with van der Waals surface area (Å²) in [7, 11) is 0. The predicted octanol–water partition coefficient (Wildman–Crippen LogP) is 1.52. The number of aliphatic hydroxyl groups is 1. The van der Waals surface area contributed by atoms with Crippen LogP contribution < -0.4 is 10.1 Å². The van der Waals surface area contributed by atoms with Crippen LogP contribution in [0.4, 0.5) is 13.2 Å². The summed E-state index contributed by atoms with van der Waals surface area (Å²) < 4.78 is 41.3. The van der Waals surface area contributed by atoms with E-state index >= 15 is 0 Å². The topological polar surface area (TPSA) is 44.7 Å². The van der Waals surface area contributed by atoms with Crippen molar-refractivity contribution in [3.8, 4) is 5.75 Å². The fraction of sp³-hybridized carbons (Fsp3) is 0.538. The van der Waals surface area contributed by atoms with Crippen molar-refractivity contribution in [1.29, 1.82) is 0 Å². The Labute approximate surface area is 115 Å². The highest BCUT2D eigenvalue weighted by atomic mass is 19.4. The maximum Gasteiger partial charge on any atom is 0.573 e. The SMILES string of the molecule is OC[C@H](c1ccccc1OC(F)(F)F)N1CCNCC1. The number of aliphatic hydroxyl groups excluding tert-OH is 1. The highest BCUT2D eigenvalue weighted by molar-refractivity contribution is 5.36. The van der Waals surface area contributed by atoms with Crippen LogP contribution in [0.5, 0.6) is 5.75 Å². The normalized spacial score (nSPS) is 18.8. The van der Waals surface area contributed by atoms with E-state index in [-0.39, 0.29) is 12.4 Å². The van der Waals surface area contributed by atoms with Gasteiger partial charge < -0.3 is 15.2 Å². The van der Waals surface area contributed by atoms with Crippen molar-refractivity contribution in [2.45, 2.75) is 12.4 Å². The van der Waals surface area contributed by atoms with E-state index in [0.717, 1.165) is 13.1 Å². The largest absolute Gasteiger partial charge is 0.573 e. The molecule has 0 aliphatic carbocycles. The third-order valence-corrected chi connectivity index (χ3v) is 3.27. The summed E-state index contributed by atoms with van der Waals surface area (Å²) in [6.45, 7) is 2.59. The number of piperazine rings is 1. The lowest BCUT2D eigenvalue weighted by atomic mass is 10.0. The molecule has 4 nitrogen and oxygen atoms in total. The Morgan fingerprint density at radius 2 is 1.90 bits per heavy atom. The lowest BCUT2D eigenvalue weighted by molar-refractivity contribution is -0.275. The standard InChI is InChI=1S/C13H17F3N2O2/c14-13(15,16)20-12-4-2-1-3-10(12)11(9-19)18-7-5-17-6-8-18/h1-4,11,17,19H,5-9H2/t11-/m1/s1. The second-order valence-corrected chi connectivity index (χ2v) is 4.57. The van der Waals surface area contributed by atoms with Gasteiger partial charge in [-0.3, -0.25) is 4.90 Å². The van der Waals surface area contributed by atoms with E-state index in [9.17, 15) is 18.3 Å². The Balaban J connectivity index is 2.24. The Morgan fingerprint density at radius 3 is 2.50 bits per heavy atom. The van der Waals surface area contributed by atoms with Gasteiger partial charge in [-0.05, 0) is 6.07 Å². The molecule has 1 aromatic carbocycles. The van der Waals surface area contributed by atoms with Gasteiger partial charge in [0.05, 0.1) is 12.6 Å². The van der Waals surface area contributed by atoms with E-state index in [1.165, 1.54) is 12.1 Å². The number of rotatable bonds is 4. The lowest BCUT2D eigenvalue weighted by Crippen LogP contribution is -2.46. The van der Waals surface area contributed by atoms with Crippen LogP contribution in [0, 0.1) is 0 Å². The first-order valence-electron chi connectivity index (χ1n) is 6.41. The summed E-state index contributed by atoms with van der Waals surface area (Å²) >= 11 is 0. The molecule has 1 aliphatic heterocycles. The Hall–Kier alpha value is -1.31. The Morgan fingerprint density at radius 1 is 1.25 bits per heavy atom. The fourth-order valence-electron chi connectivity index (χ4n) is 2.38. The Bertz CT molecular complexity index is 434. The van der Waals surface area contributed by atoms with E-state index in [1.54, 1.807) is 12.1 Å². The van der Waals surface area contributed by atoms with Crippen LogP contribution in [-0.2, 0) is 0 Å². The molecule has 1 aromatic rings. The molecule has 0 aromatic heterocycles. The van der Waals surface area contributed by atoms with Gasteiger partial charge in [-0.1, -0.05) is 18.2 Å². The third-order valence-electron chi connectivity index (χ3n) is 3.27. The van der Waals surface area contributed by atoms with Crippen molar-refractivity contribution in [2.24, 2.45) is 0 Å². The summed E-state index contributed by atoms with van der Waals surface area (Å²) in [6.07, 6.45) is -4.74. The molecule has 0 saturated carbocycles. The smallest absolute Gasteiger partial charge is 0.405 e. The average molecular weight is 290 g/mol. The second kappa shape index (κ2) is 6.43. The third kappa shape index (κ3) is 3.84. The number of ether oxygens (including phenoxy) is 1. The van der Waals surface area contributed by atoms with Crippen molar-refractivity contribution in [3.63, 3.8) is 0 Å². The van der Waals surface area contributed by atoms with E-state index in [1.807, 2.05) is 4.90 Å². The molecule has 112 valence electrons. The van der Waals surface area contributed by atoms with E-state index in [0.29, 0.717) is 18.7 Å². The zero-order chi connectivity index (χ0) is 14.6. The number of benzene rings is 1. The number of halogens is 3. The molecule has 0 radical (unpaired) electrons. The van der Waals surface area contributed by atoms with Gasteiger partial charge in [-0.25, -0.2) is 0 Å². The molecule has 1 heterocycles. The highest BCUT2D eigenvalue weighted by Gasteiger charge is 2.33. The van der Waals surface area contributed by atoms with Gasteiger partial charge in [0.1, 0.15) is 5.75 Å². The maximum atomic E-state index is 12.4. The predicted molar refractivity (Wildman–Crippen MR) is 67.4 cm³/mol.